The SMILES string of the molecule is N#Cc1nc(-c2ccco2)oc1N1CCC(C(=O)N2CCN(CCN3CCCC3)CC2)CC1. The van der Waals surface area contributed by atoms with Crippen molar-refractivity contribution in [3.05, 3.63) is 24.1 Å². The van der Waals surface area contributed by atoms with E-state index in [4.69, 9.17) is 8.83 Å². The molecule has 0 radical (unpaired) electrons. The van der Waals surface area contributed by atoms with E-state index in [1.54, 1.807) is 18.4 Å². The Morgan fingerprint density at radius 3 is 2.36 bits per heavy atom. The van der Waals surface area contributed by atoms with E-state index in [9.17, 15) is 10.1 Å². The Labute approximate surface area is 194 Å². The summed E-state index contributed by atoms with van der Waals surface area (Å²) in [6.45, 7) is 9.69. The van der Waals surface area contributed by atoms with Gasteiger partial charge in [0.2, 0.25) is 17.5 Å². The van der Waals surface area contributed by atoms with Crippen molar-refractivity contribution >= 4 is 11.8 Å². The molecule has 0 aromatic carbocycles. The van der Waals surface area contributed by atoms with Crippen LogP contribution in [0.25, 0.3) is 11.7 Å². The zero-order valence-corrected chi connectivity index (χ0v) is 19.1. The van der Waals surface area contributed by atoms with Gasteiger partial charge in [-0.15, -0.1) is 0 Å². The Hall–Kier alpha value is -2.83. The lowest BCUT2D eigenvalue weighted by Crippen LogP contribution is -2.52. The van der Waals surface area contributed by atoms with Crippen molar-refractivity contribution in [2.24, 2.45) is 5.92 Å². The zero-order valence-electron chi connectivity index (χ0n) is 19.1. The molecular weight excluding hydrogens is 420 g/mol. The summed E-state index contributed by atoms with van der Waals surface area (Å²) in [7, 11) is 0. The van der Waals surface area contributed by atoms with Gasteiger partial charge in [0.05, 0.1) is 6.26 Å². The van der Waals surface area contributed by atoms with Crippen molar-refractivity contribution in [1.82, 2.24) is 19.7 Å². The van der Waals surface area contributed by atoms with Crippen LogP contribution in [0.15, 0.2) is 27.2 Å². The molecule has 5 heterocycles. The second-order valence-electron chi connectivity index (χ2n) is 9.24. The molecule has 9 nitrogen and oxygen atoms in total. The number of nitrogens with zero attached hydrogens (tertiary/aromatic N) is 6. The van der Waals surface area contributed by atoms with Crippen molar-refractivity contribution in [1.29, 1.82) is 5.26 Å². The number of rotatable bonds is 6. The van der Waals surface area contributed by atoms with Gasteiger partial charge in [0.15, 0.2) is 5.76 Å². The summed E-state index contributed by atoms with van der Waals surface area (Å²) in [5.41, 5.74) is 0.260. The van der Waals surface area contributed by atoms with E-state index in [0.717, 1.165) is 52.1 Å². The molecule has 0 saturated carbocycles. The highest BCUT2D eigenvalue weighted by Crippen LogP contribution is 2.31. The highest BCUT2D eigenvalue weighted by atomic mass is 16.4. The summed E-state index contributed by atoms with van der Waals surface area (Å²) >= 11 is 0. The highest BCUT2D eigenvalue weighted by molar-refractivity contribution is 5.79. The van der Waals surface area contributed by atoms with Gasteiger partial charge >= 0.3 is 0 Å². The number of amides is 1. The van der Waals surface area contributed by atoms with Gasteiger partial charge in [-0.05, 0) is 50.9 Å². The average Bonchev–Trinajstić information content (AvgIpc) is 3.64. The molecule has 1 amide bonds. The normalized spacial score (nSPS) is 20.9. The van der Waals surface area contributed by atoms with E-state index in [2.05, 4.69) is 25.8 Å². The molecular formula is C24H32N6O3. The van der Waals surface area contributed by atoms with Crippen molar-refractivity contribution in [3.63, 3.8) is 0 Å². The molecule has 33 heavy (non-hydrogen) atoms. The first-order valence-corrected chi connectivity index (χ1v) is 12.1. The molecule has 3 aliphatic heterocycles. The van der Waals surface area contributed by atoms with Gasteiger partial charge in [-0.3, -0.25) is 9.69 Å². The summed E-state index contributed by atoms with van der Waals surface area (Å²) in [5.74, 6) is 1.61. The monoisotopic (exact) mass is 452 g/mol. The molecule has 3 aliphatic rings. The molecule has 0 aliphatic carbocycles. The number of aromatic nitrogens is 1. The standard InChI is InChI=1S/C24H32N6O3/c25-18-20-24(33-22(26-20)21-4-3-17-32-21)30-9-5-19(6-10-30)23(31)29-15-13-28(14-16-29)12-11-27-7-1-2-8-27/h3-4,17,19H,1-2,5-16H2. The van der Waals surface area contributed by atoms with Crippen LogP contribution in [0.1, 0.15) is 31.4 Å². The van der Waals surface area contributed by atoms with Gasteiger partial charge < -0.3 is 23.5 Å². The number of anilines is 1. The smallest absolute Gasteiger partial charge is 0.266 e. The Balaban J connectivity index is 1.10. The van der Waals surface area contributed by atoms with Crippen LogP contribution in [0.4, 0.5) is 5.88 Å². The second-order valence-corrected chi connectivity index (χ2v) is 9.24. The fourth-order valence-electron chi connectivity index (χ4n) is 5.17. The van der Waals surface area contributed by atoms with Crippen molar-refractivity contribution in [2.45, 2.75) is 25.7 Å². The Bertz CT molecular complexity index is 959. The molecule has 3 fully saturated rings. The molecule has 3 saturated heterocycles. The van der Waals surface area contributed by atoms with E-state index >= 15 is 0 Å². The number of oxazole rings is 1. The molecule has 0 unspecified atom stereocenters. The summed E-state index contributed by atoms with van der Waals surface area (Å²) < 4.78 is 11.2. The fourth-order valence-corrected chi connectivity index (χ4v) is 5.17. The third-order valence-electron chi connectivity index (χ3n) is 7.19. The van der Waals surface area contributed by atoms with E-state index in [0.29, 0.717) is 30.6 Å². The maximum absolute atomic E-state index is 13.1. The number of piperidine rings is 1. The number of hydrogen-bond acceptors (Lipinski definition) is 8. The highest BCUT2D eigenvalue weighted by Gasteiger charge is 2.32. The summed E-state index contributed by atoms with van der Waals surface area (Å²) in [4.78, 5) is 26.5. The van der Waals surface area contributed by atoms with Crippen LogP contribution in [0.3, 0.4) is 0 Å². The Morgan fingerprint density at radius 2 is 1.73 bits per heavy atom. The number of hydrogen-bond donors (Lipinski definition) is 0. The van der Waals surface area contributed by atoms with Gasteiger partial charge in [0.1, 0.15) is 6.07 Å². The maximum atomic E-state index is 13.1. The third kappa shape index (κ3) is 4.92. The largest absolute Gasteiger partial charge is 0.459 e. The van der Waals surface area contributed by atoms with Crippen LogP contribution in [-0.4, -0.2) is 91.0 Å². The Kier molecular flexibility index (Phi) is 6.65. The third-order valence-corrected chi connectivity index (χ3v) is 7.19. The molecule has 0 bridgehead atoms. The zero-order chi connectivity index (χ0) is 22.6. The summed E-state index contributed by atoms with van der Waals surface area (Å²) in [6, 6.07) is 5.64. The lowest BCUT2D eigenvalue weighted by Gasteiger charge is -2.38. The van der Waals surface area contributed by atoms with Crippen LogP contribution in [0.2, 0.25) is 0 Å². The molecule has 9 heteroatoms. The van der Waals surface area contributed by atoms with E-state index in [1.165, 1.54) is 25.9 Å². The van der Waals surface area contributed by atoms with Crippen LogP contribution in [-0.2, 0) is 4.79 Å². The van der Waals surface area contributed by atoms with E-state index < -0.39 is 0 Å². The molecule has 2 aromatic heterocycles. The molecule has 0 spiro atoms. The average molecular weight is 453 g/mol. The van der Waals surface area contributed by atoms with Gasteiger partial charge in [0.25, 0.3) is 5.89 Å². The van der Waals surface area contributed by atoms with Crippen LogP contribution >= 0.6 is 0 Å². The predicted molar refractivity (Wildman–Crippen MR) is 123 cm³/mol. The number of likely N-dealkylation sites (tertiary alicyclic amines) is 1. The Morgan fingerprint density at radius 1 is 1.03 bits per heavy atom. The van der Waals surface area contributed by atoms with Crippen LogP contribution < -0.4 is 4.90 Å². The van der Waals surface area contributed by atoms with Crippen LogP contribution in [0, 0.1) is 17.2 Å². The van der Waals surface area contributed by atoms with Gasteiger partial charge in [-0.1, -0.05) is 0 Å². The number of carbonyl (C=O) groups excluding carboxylic acids is 1. The minimum absolute atomic E-state index is 0.0374. The van der Waals surface area contributed by atoms with Crippen molar-refractivity contribution < 1.29 is 13.6 Å². The van der Waals surface area contributed by atoms with Crippen LogP contribution in [0.5, 0.6) is 0 Å². The minimum atomic E-state index is 0.0374. The van der Waals surface area contributed by atoms with Gasteiger partial charge in [-0.2, -0.15) is 10.2 Å². The number of furan rings is 1. The molecule has 176 valence electrons. The van der Waals surface area contributed by atoms with Crippen molar-refractivity contribution in [2.75, 3.05) is 70.3 Å². The van der Waals surface area contributed by atoms with Gasteiger partial charge in [-0.25, -0.2) is 0 Å². The minimum Gasteiger partial charge on any atom is -0.459 e. The van der Waals surface area contributed by atoms with Crippen molar-refractivity contribution in [3.8, 4) is 17.7 Å². The molecule has 0 N–H and O–H groups in total. The molecule has 2 aromatic rings. The number of piperazine rings is 1. The molecule has 5 rings (SSSR count). The number of carbonyl (C=O) groups is 1. The van der Waals surface area contributed by atoms with Gasteiger partial charge in [0, 0.05) is 58.3 Å². The summed E-state index contributed by atoms with van der Waals surface area (Å²) in [6.07, 6.45) is 5.74. The lowest BCUT2D eigenvalue weighted by molar-refractivity contribution is -0.138. The quantitative estimate of drug-likeness (QED) is 0.659. The maximum Gasteiger partial charge on any atom is 0.266 e. The first kappa shape index (κ1) is 22.0. The first-order valence-electron chi connectivity index (χ1n) is 12.1. The topological polar surface area (TPSA) is 93.0 Å². The summed E-state index contributed by atoms with van der Waals surface area (Å²) in [5, 5.41) is 9.49. The first-order chi connectivity index (χ1) is 16.2. The van der Waals surface area contributed by atoms with E-state index in [-0.39, 0.29) is 17.5 Å². The lowest BCUT2D eigenvalue weighted by atomic mass is 9.95. The fraction of sp³-hybridized carbons (Fsp3) is 0.625. The second kappa shape index (κ2) is 9.98. The van der Waals surface area contributed by atoms with E-state index in [1.807, 2.05) is 4.90 Å². The molecule has 0 atom stereocenters. The number of nitriles is 1. The predicted octanol–water partition coefficient (Wildman–Crippen LogP) is 2.26.